The second kappa shape index (κ2) is 6.40. The summed E-state index contributed by atoms with van der Waals surface area (Å²) < 4.78 is 16.7. The van der Waals surface area contributed by atoms with Crippen LogP contribution in [-0.2, 0) is 16.6 Å². The molecule has 1 aromatic rings. The maximum absolute atomic E-state index is 11.3. The van der Waals surface area contributed by atoms with Crippen LogP contribution in [0.2, 0.25) is 0 Å². The zero-order valence-corrected chi connectivity index (χ0v) is 9.76. The smallest absolute Gasteiger partial charge is 0.119 e. The molecule has 0 heterocycles. The fraction of sp³-hybridized carbons (Fsp3) is 0.333. The lowest BCUT2D eigenvalue weighted by Crippen LogP contribution is -1.98. The van der Waals surface area contributed by atoms with Crippen LogP contribution in [0.3, 0.4) is 0 Å². The molecule has 0 fully saturated rings. The van der Waals surface area contributed by atoms with Gasteiger partial charge in [0.25, 0.3) is 0 Å². The molecule has 1 atom stereocenters. The van der Waals surface area contributed by atoms with Gasteiger partial charge >= 0.3 is 0 Å². The maximum atomic E-state index is 11.3. The lowest BCUT2D eigenvalue weighted by atomic mass is 10.2. The van der Waals surface area contributed by atoms with E-state index in [4.69, 9.17) is 4.74 Å². The largest absolute Gasteiger partial charge is 0.490 e. The van der Waals surface area contributed by atoms with Gasteiger partial charge in [0.1, 0.15) is 12.4 Å². The van der Waals surface area contributed by atoms with Gasteiger partial charge in [0, 0.05) is 22.3 Å². The summed E-state index contributed by atoms with van der Waals surface area (Å²) in [5, 5.41) is 0. The fourth-order valence-electron chi connectivity index (χ4n) is 1.13. The van der Waals surface area contributed by atoms with Crippen LogP contribution in [0.5, 0.6) is 5.75 Å². The molecule has 0 amide bonds. The Labute approximate surface area is 93.4 Å². The molecule has 82 valence electrons. The first kappa shape index (κ1) is 12.0. The van der Waals surface area contributed by atoms with Gasteiger partial charge in [0.05, 0.1) is 0 Å². The van der Waals surface area contributed by atoms with E-state index < -0.39 is 10.8 Å². The van der Waals surface area contributed by atoms with Crippen LogP contribution in [-0.4, -0.2) is 16.6 Å². The van der Waals surface area contributed by atoms with Gasteiger partial charge in [0.2, 0.25) is 0 Å². The Balaban J connectivity index is 2.55. The molecule has 0 bridgehead atoms. The lowest BCUT2D eigenvalue weighted by molar-refractivity contribution is 0.363. The molecule has 1 rings (SSSR count). The Morgan fingerprint density at radius 2 is 2.07 bits per heavy atom. The van der Waals surface area contributed by atoms with Gasteiger partial charge in [-0.2, -0.15) is 0 Å². The minimum atomic E-state index is -0.747. The van der Waals surface area contributed by atoms with Gasteiger partial charge in [-0.05, 0) is 17.7 Å². The Morgan fingerprint density at radius 3 is 2.60 bits per heavy atom. The highest BCUT2D eigenvalue weighted by atomic mass is 32.2. The standard InChI is InChI=1S/C12H16O2S/c1-3-9-14-12-7-5-11(6-8-12)10-15(13)4-2/h3,5-8H,1,4,9-10H2,2H3. The molecule has 3 heteroatoms. The van der Waals surface area contributed by atoms with Crippen LogP contribution in [0.4, 0.5) is 0 Å². The van der Waals surface area contributed by atoms with E-state index in [0.717, 1.165) is 11.3 Å². The molecule has 0 saturated carbocycles. The van der Waals surface area contributed by atoms with Crippen molar-refractivity contribution < 1.29 is 8.95 Å². The van der Waals surface area contributed by atoms with E-state index in [1.54, 1.807) is 6.08 Å². The molecule has 2 nitrogen and oxygen atoms in total. The normalized spacial score (nSPS) is 12.1. The second-order valence-electron chi connectivity index (χ2n) is 3.12. The van der Waals surface area contributed by atoms with Crippen LogP contribution in [0.1, 0.15) is 12.5 Å². The molecule has 1 aromatic carbocycles. The fourth-order valence-corrected chi connectivity index (χ4v) is 1.89. The Hall–Kier alpha value is -1.09. The SMILES string of the molecule is C=CCOc1ccc(CS(=O)CC)cc1. The molecule has 0 N–H and O–H groups in total. The molecule has 0 aliphatic carbocycles. The zero-order valence-electron chi connectivity index (χ0n) is 8.94. The minimum Gasteiger partial charge on any atom is -0.490 e. The third-order valence-electron chi connectivity index (χ3n) is 1.94. The van der Waals surface area contributed by atoms with Gasteiger partial charge < -0.3 is 4.74 Å². The number of rotatable bonds is 6. The molecule has 15 heavy (non-hydrogen) atoms. The summed E-state index contributed by atoms with van der Waals surface area (Å²) in [4.78, 5) is 0. The highest BCUT2D eigenvalue weighted by molar-refractivity contribution is 7.84. The van der Waals surface area contributed by atoms with Crippen molar-refractivity contribution in [3.05, 3.63) is 42.5 Å². The van der Waals surface area contributed by atoms with Crippen molar-refractivity contribution in [3.8, 4) is 5.75 Å². The quantitative estimate of drug-likeness (QED) is 0.694. The molecular formula is C12H16O2S. The Kier molecular flexibility index (Phi) is 5.12. The van der Waals surface area contributed by atoms with Crippen molar-refractivity contribution >= 4 is 10.8 Å². The van der Waals surface area contributed by atoms with Crippen molar-refractivity contribution in [1.29, 1.82) is 0 Å². The van der Waals surface area contributed by atoms with E-state index in [2.05, 4.69) is 6.58 Å². The van der Waals surface area contributed by atoms with Crippen LogP contribution >= 0.6 is 0 Å². The summed E-state index contributed by atoms with van der Waals surface area (Å²) in [5.74, 6) is 2.15. The van der Waals surface area contributed by atoms with Crippen molar-refractivity contribution in [3.63, 3.8) is 0 Å². The highest BCUT2D eigenvalue weighted by Crippen LogP contribution is 2.13. The number of hydrogen-bond donors (Lipinski definition) is 0. The Bertz CT molecular complexity index is 330. The molecule has 0 aliphatic heterocycles. The molecule has 0 saturated heterocycles. The monoisotopic (exact) mass is 224 g/mol. The van der Waals surface area contributed by atoms with Gasteiger partial charge in [-0.25, -0.2) is 0 Å². The second-order valence-corrected chi connectivity index (χ2v) is 4.86. The molecule has 0 radical (unpaired) electrons. The lowest BCUT2D eigenvalue weighted by Gasteiger charge is -2.04. The van der Waals surface area contributed by atoms with E-state index in [-0.39, 0.29) is 0 Å². The van der Waals surface area contributed by atoms with Crippen LogP contribution in [0, 0.1) is 0 Å². The van der Waals surface area contributed by atoms with Crippen LogP contribution < -0.4 is 4.74 Å². The summed E-state index contributed by atoms with van der Waals surface area (Å²) in [7, 11) is -0.747. The average Bonchev–Trinajstić information content (AvgIpc) is 2.28. The summed E-state index contributed by atoms with van der Waals surface area (Å²) >= 11 is 0. The van der Waals surface area contributed by atoms with Crippen molar-refractivity contribution in [2.45, 2.75) is 12.7 Å². The first-order valence-electron chi connectivity index (χ1n) is 4.94. The highest BCUT2D eigenvalue weighted by Gasteiger charge is 1.99. The third kappa shape index (κ3) is 4.30. The predicted octanol–water partition coefficient (Wildman–Crippen LogP) is 2.52. The molecule has 0 aromatic heterocycles. The summed E-state index contributed by atoms with van der Waals surface area (Å²) in [6.07, 6.45) is 1.71. The van der Waals surface area contributed by atoms with E-state index in [9.17, 15) is 4.21 Å². The van der Waals surface area contributed by atoms with E-state index >= 15 is 0 Å². The van der Waals surface area contributed by atoms with Gasteiger partial charge in [-0.15, -0.1) is 0 Å². The number of benzene rings is 1. The maximum Gasteiger partial charge on any atom is 0.119 e. The molecule has 0 spiro atoms. The number of ether oxygens (including phenoxy) is 1. The molecular weight excluding hydrogens is 208 g/mol. The van der Waals surface area contributed by atoms with Crippen molar-refractivity contribution in [1.82, 2.24) is 0 Å². The first-order chi connectivity index (χ1) is 7.26. The van der Waals surface area contributed by atoms with E-state index in [1.807, 2.05) is 31.2 Å². The first-order valence-corrected chi connectivity index (χ1v) is 6.42. The van der Waals surface area contributed by atoms with Crippen molar-refractivity contribution in [2.75, 3.05) is 12.4 Å². The predicted molar refractivity (Wildman–Crippen MR) is 64.5 cm³/mol. The summed E-state index contributed by atoms with van der Waals surface area (Å²) in [6.45, 7) is 6.02. The van der Waals surface area contributed by atoms with Gasteiger partial charge in [-0.1, -0.05) is 31.7 Å². The topological polar surface area (TPSA) is 26.3 Å². The minimum absolute atomic E-state index is 0.514. The molecule has 1 unspecified atom stereocenters. The number of hydrogen-bond acceptors (Lipinski definition) is 2. The zero-order chi connectivity index (χ0) is 11.1. The van der Waals surface area contributed by atoms with Gasteiger partial charge in [-0.3, -0.25) is 4.21 Å². The summed E-state index contributed by atoms with van der Waals surface area (Å²) in [6, 6.07) is 7.69. The van der Waals surface area contributed by atoms with Crippen molar-refractivity contribution in [2.24, 2.45) is 0 Å². The van der Waals surface area contributed by atoms with E-state index in [0.29, 0.717) is 18.1 Å². The van der Waals surface area contributed by atoms with E-state index in [1.165, 1.54) is 0 Å². The Morgan fingerprint density at radius 1 is 1.40 bits per heavy atom. The molecule has 0 aliphatic rings. The third-order valence-corrected chi connectivity index (χ3v) is 3.24. The van der Waals surface area contributed by atoms with Gasteiger partial charge in [0.15, 0.2) is 0 Å². The van der Waals surface area contributed by atoms with Crippen LogP contribution in [0.15, 0.2) is 36.9 Å². The summed E-state index contributed by atoms with van der Waals surface area (Å²) in [5.41, 5.74) is 1.08. The van der Waals surface area contributed by atoms with Crippen LogP contribution in [0.25, 0.3) is 0 Å². The average molecular weight is 224 g/mol.